The molecular weight excluding hydrogens is 159 g/mol. The smallest absolute Gasteiger partial charge is 0.170 e. The van der Waals surface area contributed by atoms with Crippen LogP contribution >= 0.6 is 0 Å². The molecule has 0 fully saturated rings. The second-order valence-corrected chi connectivity index (χ2v) is 2.45. The average molecular weight is 168 g/mol. The summed E-state index contributed by atoms with van der Waals surface area (Å²) in [5.41, 5.74) is 6.15. The molecule has 0 atom stereocenters. The molecule has 1 rings (SSSR count). The summed E-state index contributed by atoms with van der Waals surface area (Å²) in [5.74, 6) is -0.451. The fourth-order valence-electron chi connectivity index (χ4n) is 0.810. The third-order valence-corrected chi connectivity index (χ3v) is 1.58. The SMILES string of the molecule is Cc1ccc(C(N)=NO)cc1F. The zero-order chi connectivity index (χ0) is 9.14. The number of nitrogens with zero attached hydrogens (tertiary/aromatic N) is 1. The fraction of sp³-hybridized carbons (Fsp3) is 0.125. The number of hydrogen-bond donors (Lipinski definition) is 2. The maximum Gasteiger partial charge on any atom is 0.170 e. The molecule has 0 aliphatic carbocycles. The summed E-state index contributed by atoms with van der Waals surface area (Å²) in [5, 5.41) is 11.0. The minimum atomic E-state index is -0.362. The van der Waals surface area contributed by atoms with Gasteiger partial charge in [0.15, 0.2) is 5.84 Å². The minimum Gasteiger partial charge on any atom is -0.409 e. The van der Waals surface area contributed by atoms with Crippen LogP contribution in [0.4, 0.5) is 4.39 Å². The van der Waals surface area contributed by atoms with E-state index in [2.05, 4.69) is 5.16 Å². The van der Waals surface area contributed by atoms with E-state index in [0.29, 0.717) is 11.1 Å². The Morgan fingerprint density at radius 2 is 2.25 bits per heavy atom. The van der Waals surface area contributed by atoms with Crippen molar-refractivity contribution in [3.8, 4) is 0 Å². The van der Waals surface area contributed by atoms with Crippen LogP contribution in [0.2, 0.25) is 0 Å². The molecule has 0 aliphatic rings. The van der Waals surface area contributed by atoms with Crippen molar-refractivity contribution in [3.05, 3.63) is 35.1 Å². The Hall–Kier alpha value is -1.58. The van der Waals surface area contributed by atoms with Gasteiger partial charge in [-0.05, 0) is 18.6 Å². The normalized spacial score (nSPS) is 11.7. The van der Waals surface area contributed by atoms with Crippen LogP contribution in [0.15, 0.2) is 23.4 Å². The van der Waals surface area contributed by atoms with Crippen LogP contribution in [0.1, 0.15) is 11.1 Å². The molecule has 1 aromatic rings. The lowest BCUT2D eigenvalue weighted by Crippen LogP contribution is -2.13. The topological polar surface area (TPSA) is 58.6 Å². The molecule has 0 heterocycles. The van der Waals surface area contributed by atoms with Gasteiger partial charge in [-0.15, -0.1) is 0 Å². The first-order chi connectivity index (χ1) is 5.65. The van der Waals surface area contributed by atoms with Crippen molar-refractivity contribution < 1.29 is 9.60 Å². The first kappa shape index (κ1) is 8.52. The van der Waals surface area contributed by atoms with Gasteiger partial charge in [0.05, 0.1) is 0 Å². The van der Waals surface area contributed by atoms with E-state index in [1.54, 1.807) is 19.1 Å². The highest BCUT2D eigenvalue weighted by Gasteiger charge is 2.02. The third-order valence-electron chi connectivity index (χ3n) is 1.58. The largest absolute Gasteiger partial charge is 0.409 e. The van der Waals surface area contributed by atoms with E-state index in [1.807, 2.05) is 0 Å². The van der Waals surface area contributed by atoms with E-state index >= 15 is 0 Å². The van der Waals surface area contributed by atoms with Gasteiger partial charge in [0.2, 0.25) is 0 Å². The van der Waals surface area contributed by atoms with Crippen LogP contribution in [0.25, 0.3) is 0 Å². The Morgan fingerprint density at radius 1 is 1.58 bits per heavy atom. The summed E-state index contributed by atoms with van der Waals surface area (Å²) in [7, 11) is 0. The lowest BCUT2D eigenvalue weighted by atomic mass is 10.1. The number of benzene rings is 1. The first-order valence-corrected chi connectivity index (χ1v) is 3.39. The fourth-order valence-corrected chi connectivity index (χ4v) is 0.810. The molecule has 0 aliphatic heterocycles. The summed E-state index contributed by atoms with van der Waals surface area (Å²) in [6, 6.07) is 4.39. The molecule has 1 aromatic carbocycles. The first-order valence-electron chi connectivity index (χ1n) is 3.39. The van der Waals surface area contributed by atoms with Gasteiger partial charge in [-0.1, -0.05) is 17.3 Å². The lowest BCUT2D eigenvalue weighted by Gasteiger charge is -1.99. The third kappa shape index (κ3) is 1.53. The van der Waals surface area contributed by atoms with Crippen LogP contribution < -0.4 is 5.73 Å². The average Bonchev–Trinajstić information content (AvgIpc) is 2.08. The molecule has 0 unspecified atom stereocenters. The number of oxime groups is 1. The summed E-state index contributed by atoms with van der Waals surface area (Å²) >= 11 is 0. The predicted octanol–water partition coefficient (Wildman–Crippen LogP) is 1.23. The molecule has 0 aromatic heterocycles. The zero-order valence-corrected chi connectivity index (χ0v) is 6.58. The predicted molar refractivity (Wildman–Crippen MR) is 43.6 cm³/mol. The molecule has 0 radical (unpaired) electrons. The Morgan fingerprint density at radius 3 is 2.75 bits per heavy atom. The standard InChI is InChI=1S/C8H9FN2O/c1-5-2-3-6(4-7(5)9)8(10)11-12/h2-4,12H,1H3,(H2,10,11). The van der Waals surface area contributed by atoms with Crippen molar-refractivity contribution in [3.63, 3.8) is 0 Å². The van der Waals surface area contributed by atoms with Gasteiger partial charge >= 0.3 is 0 Å². The van der Waals surface area contributed by atoms with E-state index in [9.17, 15) is 4.39 Å². The number of hydrogen-bond acceptors (Lipinski definition) is 2. The van der Waals surface area contributed by atoms with E-state index < -0.39 is 0 Å². The van der Waals surface area contributed by atoms with Crippen molar-refractivity contribution in [1.82, 2.24) is 0 Å². The van der Waals surface area contributed by atoms with Crippen LogP contribution in [-0.2, 0) is 0 Å². The lowest BCUT2D eigenvalue weighted by molar-refractivity contribution is 0.318. The summed E-state index contributed by atoms with van der Waals surface area (Å²) in [6.07, 6.45) is 0. The summed E-state index contributed by atoms with van der Waals surface area (Å²) in [4.78, 5) is 0. The molecule has 64 valence electrons. The number of nitrogens with two attached hydrogens (primary N) is 1. The Bertz CT molecular complexity index is 323. The molecule has 4 heteroatoms. The maximum absolute atomic E-state index is 12.9. The monoisotopic (exact) mass is 168 g/mol. The van der Waals surface area contributed by atoms with Gasteiger partial charge in [0.25, 0.3) is 0 Å². The Balaban J connectivity index is 3.13. The minimum absolute atomic E-state index is 0.0890. The number of amidine groups is 1. The molecule has 0 spiro atoms. The van der Waals surface area contributed by atoms with Gasteiger partial charge in [-0.2, -0.15) is 0 Å². The molecule has 0 bridgehead atoms. The molecular formula is C8H9FN2O. The second kappa shape index (κ2) is 3.21. The molecule has 0 amide bonds. The van der Waals surface area contributed by atoms with Crippen molar-refractivity contribution >= 4 is 5.84 Å². The molecule has 0 saturated carbocycles. The van der Waals surface area contributed by atoms with E-state index in [-0.39, 0.29) is 11.7 Å². The zero-order valence-electron chi connectivity index (χ0n) is 6.58. The molecule has 3 N–H and O–H groups in total. The van der Waals surface area contributed by atoms with Gasteiger partial charge in [-0.25, -0.2) is 4.39 Å². The highest BCUT2D eigenvalue weighted by Crippen LogP contribution is 2.08. The van der Waals surface area contributed by atoms with Crippen LogP contribution in [-0.4, -0.2) is 11.0 Å². The van der Waals surface area contributed by atoms with E-state index in [1.165, 1.54) is 6.07 Å². The van der Waals surface area contributed by atoms with E-state index in [0.717, 1.165) is 0 Å². The van der Waals surface area contributed by atoms with Gasteiger partial charge < -0.3 is 10.9 Å². The summed E-state index contributed by atoms with van der Waals surface area (Å²) in [6.45, 7) is 1.64. The van der Waals surface area contributed by atoms with Gasteiger partial charge in [0, 0.05) is 5.56 Å². The van der Waals surface area contributed by atoms with Crippen molar-refractivity contribution in [2.24, 2.45) is 10.9 Å². The molecule has 0 saturated heterocycles. The van der Waals surface area contributed by atoms with E-state index in [4.69, 9.17) is 10.9 Å². The Labute approximate surface area is 69.3 Å². The number of aryl methyl sites for hydroxylation is 1. The molecule has 12 heavy (non-hydrogen) atoms. The highest BCUT2D eigenvalue weighted by molar-refractivity contribution is 5.96. The highest BCUT2D eigenvalue weighted by atomic mass is 19.1. The van der Waals surface area contributed by atoms with Crippen molar-refractivity contribution in [1.29, 1.82) is 0 Å². The van der Waals surface area contributed by atoms with Crippen molar-refractivity contribution in [2.45, 2.75) is 6.92 Å². The van der Waals surface area contributed by atoms with Crippen LogP contribution in [0.5, 0.6) is 0 Å². The Kier molecular flexibility index (Phi) is 2.28. The molecule has 3 nitrogen and oxygen atoms in total. The van der Waals surface area contributed by atoms with Gasteiger partial charge in [-0.3, -0.25) is 0 Å². The second-order valence-electron chi connectivity index (χ2n) is 2.45. The number of halogens is 1. The maximum atomic E-state index is 12.9. The summed E-state index contributed by atoms with van der Waals surface area (Å²) < 4.78 is 12.9. The van der Waals surface area contributed by atoms with Gasteiger partial charge in [0.1, 0.15) is 5.82 Å². The quantitative estimate of drug-likeness (QED) is 0.287. The number of rotatable bonds is 1. The van der Waals surface area contributed by atoms with Crippen LogP contribution in [0, 0.1) is 12.7 Å². The van der Waals surface area contributed by atoms with Crippen LogP contribution in [0.3, 0.4) is 0 Å². The van der Waals surface area contributed by atoms with Crippen molar-refractivity contribution in [2.75, 3.05) is 0 Å².